The molecule has 0 bridgehead atoms. The molecule has 15 heterocycles. The van der Waals surface area contributed by atoms with Gasteiger partial charge in [-0.15, -0.1) is 51.0 Å². The van der Waals surface area contributed by atoms with Crippen LogP contribution in [0.5, 0.6) is 29.4 Å². The number of hydrogen-bond acceptors (Lipinski definition) is 27. The Balaban J connectivity index is 0.000000145. The Bertz CT molecular complexity index is 6430. The van der Waals surface area contributed by atoms with Gasteiger partial charge in [0.1, 0.15) is 19.8 Å². The molecule has 0 aromatic carbocycles. The van der Waals surface area contributed by atoms with Gasteiger partial charge in [0, 0.05) is 128 Å². The zero-order valence-electron chi connectivity index (χ0n) is 70.9. The van der Waals surface area contributed by atoms with Crippen LogP contribution >= 0.6 is 0 Å². The van der Waals surface area contributed by atoms with E-state index in [4.69, 9.17) is 23.7 Å². The summed E-state index contributed by atoms with van der Waals surface area (Å²) in [6.45, 7) is 2.03. The third-order valence-electron chi connectivity index (χ3n) is 19.0. The first-order valence-corrected chi connectivity index (χ1v) is 39.5. The van der Waals surface area contributed by atoms with Crippen LogP contribution in [0, 0.1) is 29.1 Å². The Kier molecular flexibility index (Phi) is 29.9. The highest BCUT2D eigenvalue weighted by molar-refractivity contribution is 5.67. The predicted octanol–water partition coefficient (Wildman–Crippen LogP) is 17.6. The van der Waals surface area contributed by atoms with Gasteiger partial charge in [-0.2, -0.15) is 83.4 Å². The number of methoxy groups -OCH3 is 3. The van der Waals surface area contributed by atoms with Crippen molar-refractivity contribution < 1.29 is 153 Å². The van der Waals surface area contributed by atoms with E-state index in [2.05, 4.69) is 110 Å². The number of rotatable bonds is 27. The van der Waals surface area contributed by atoms with Crippen molar-refractivity contribution in [3.05, 3.63) is 199 Å². The molecule has 0 unspecified atom stereocenters. The maximum atomic E-state index is 14.4. The second-order valence-electron chi connectivity index (χ2n) is 29.5. The van der Waals surface area contributed by atoms with E-state index >= 15 is 0 Å². The average Bonchev–Trinajstić information content (AvgIpc) is 1.63. The maximum absolute atomic E-state index is 14.4. The number of aromatic nitrogens is 22. The van der Waals surface area contributed by atoms with Gasteiger partial charge in [0.15, 0.2) is 106 Å². The van der Waals surface area contributed by atoms with Gasteiger partial charge in [-0.25, -0.2) is 46.9 Å². The molecule has 0 saturated heterocycles. The van der Waals surface area contributed by atoms with Crippen LogP contribution in [-0.4, -0.2) is 203 Å². The summed E-state index contributed by atoms with van der Waals surface area (Å²) in [5.41, 5.74) is 4.64. The molecule has 728 valence electrons. The van der Waals surface area contributed by atoms with Crippen LogP contribution in [0.1, 0.15) is 82.5 Å². The molecule has 2 saturated carbocycles. The van der Waals surface area contributed by atoms with Gasteiger partial charge in [0.2, 0.25) is 11.6 Å². The predicted molar refractivity (Wildman–Crippen MR) is 421 cm³/mol. The summed E-state index contributed by atoms with van der Waals surface area (Å²) in [5, 5.41) is 38.0. The summed E-state index contributed by atoms with van der Waals surface area (Å²) >= 11 is 0. The molecule has 4 atom stereocenters. The van der Waals surface area contributed by atoms with Crippen molar-refractivity contribution in [2.75, 3.05) is 27.9 Å². The van der Waals surface area contributed by atoms with Gasteiger partial charge in [-0.1, -0.05) is 0 Å². The van der Waals surface area contributed by atoms with Crippen molar-refractivity contribution in [3.63, 3.8) is 0 Å². The second kappa shape index (κ2) is 40.8. The molecule has 2 aliphatic rings. The minimum atomic E-state index is -4.68. The number of fused-ring (bicyclic) bond motifs is 5. The number of ether oxygens (including phenoxy) is 10. The van der Waals surface area contributed by atoms with Crippen molar-refractivity contribution in [2.45, 2.75) is 153 Å². The van der Waals surface area contributed by atoms with Crippen LogP contribution in [0.25, 0.3) is 84.1 Å². The first-order valence-electron chi connectivity index (χ1n) is 39.5. The third kappa shape index (κ3) is 25.1. The van der Waals surface area contributed by atoms with Gasteiger partial charge in [0.05, 0.1) is 36.0 Å². The topological polar surface area (TPSA) is 333 Å². The van der Waals surface area contributed by atoms with Crippen LogP contribution in [0.4, 0.5) is 105 Å². The highest BCUT2D eigenvalue weighted by Crippen LogP contribution is 2.41. The van der Waals surface area contributed by atoms with Crippen LogP contribution in [0.15, 0.2) is 141 Å². The van der Waals surface area contributed by atoms with E-state index in [1.165, 1.54) is 89.0 Å². The fourth-order valence-corrected chi connectivity index (χ4v) is 11.6. The molecule has 0 N–H and O–H groups in total. The van der Waals surface area contributed by atoms with E-state index < -0.39 is 156 Å². The van der Waals surface area contributed by atoms with E-state index in [0.29, 0.717) is 82.6 Å². The highest BCUT2D eigenvalue weighted by atomic mass is 19.4. The molecular formula is C81H66F24N22O10. The van der Waals surface area contributed by atoms with Crippen molar-refractivity contribution in [2.24, 2.45) is 0 Å². The standard InChI is InChI=1S/2C18H14F6N4O2.C16H14F4N4O2.C15H13F4N5O2.C14H11F4N5O2/c2*1-9(17(20,21)22)29-15-13(19)6-11(7-25-15)10-2-5-14-26-27-16(28(14)8-10)18(23,24)30-12-3-4-12;1-9(16(18,19)20)26-15-12(17)5-11(6-21-15)10-3-4-13-22-23-14(8-25-2)24(13)7-10;1-8(15(17,18)19)26-14-10(16)3-9(4-21-14)11-6-24-12(5-20-11)22-23-13(24)7-25-2;1-24-6-12-22-21-11-4-19-10(5-23(11)12)8-2-9(15)13(20-3-8)25-7-14(16,17)18/h2*2,5-9,12H,3-4H2,1H3;3-7,9H,8H2,1-2H3;3-6,8H,7H2,1-2H3;2-5H,6-7H2,1H3/t3*9-;8-;/m1010./s1. The van der Waals surface area contributed by atoms with Crippen molar-refractivity contribution >= 4 is 28.2 Å². The lowest BCUT2D eigenvalue weighted by Gasteiger charge is -2.17. The van der Waals surface area contributed by atoms with Crippen LogP contribution in [0.3, 0.4) is 0 Å². The summed E-state index contributed by atoms with van der Waals surface area (Å²) in [6.07, 6.45) is -22.5. The van der Waals surface area contributed by atoms with Gasteiger partial charge < -0.3 is 47.4 Å². The number of nitrogens with zero attached hydrogens (tertiary/aromatic N) is 22. The zero-order valence-corrected chi connectivity index (χ0v) is 70.9. The number of pyridine rings is 8. The lowest BCUT2D eigenvalue weighted by Crippen LogP contribution is -2.31. The van der Waals surface area contributed by atoms with E-state index in [1.54, 1.807) is 43.9 Å². The third-order valence-corrected chi connectivity index (χ3v) is 19.0. The van der Waals surface area contributed by atoms with Gasteiger partial charge in [-0.05, 0) is 120 Å². The summed E-state index contributed by atoms with van der Waals surface area (Å²) in [6, 6.07) is 13.9. The fraction of sp³-hybridized carbons (Fsp3) is 0.346. The zero-order chi connectivity index (χ0) is 99.2. The molecule has 17 rings (SSSR count). The van der Waals surface area contributed by atoms with Crippen molar-refractivity contribution in [3.8, 4) is 85.3 Å². The molecule has 0 aliphatic heterocycles. The molecule has 2 fully saturated rings. The monoisotopic (exact) mass is 1960 g/mol. The number of alkyl halides is 19. The SMILES string of the molecule is COCc1nnc2ccc(-c3cnc(O[C@H](C)C(F)(F)F)c(F)c3)cn12.COCc1nnc2cnc(-c3cnc(OCC(F)(F)F)c(F)c3)cn12.COCc1nnc2cnc(-c3cnc(O[C@@H](C)C(F)(F)F)c(F)c3)cn12.C[C@@H](Oc1ncc(-c2ccc3nnc(C(F)(F)OC4CC4)n3c2)cc1F)C(F)(F)F.C[C@H](Oc1ncc(-c2ccc3nnc(C(F)(F)OC4CC4)n3c2)cc1F)C(F)(F)F. The van der Waals surface area contributed by atoms with Crippen molar-refractivity contribution in [1.29, 1.82) is 0 Å². The smallest absolute Gasteiger partial charge is 0.425 e. The average molecular weight is 1960 g/mol. The molecule has 137 heavy (non-hydrogen) atoms. The molecule has 2 aliphatic carbocycles. The molecule has 0 spiro atoms. The highest BCUT2D eigenvalue weighted by Gasteiger charge is 2.47. The molecule has 15 aromatic heterocycles. The van der Waals surface area contributed by atoms with E-state index in [0.717, 1.165) is 79.2 Å². The molecule has 32 nitrogen and oxygen atoms in total. The fourth-order valence-electron chi connectivity index (χ4n) is 11.6. The normalized spacial score (nSPS) is 14.2. The molecular weight excluding hydrogens is 1900 g/mol. The Morgan fingerprint density at radius 3 is 0.869 bits per heavy atom. The van der Waals surface area contributed by atoms with Gasteiger partial charge in [0.25, 0.3) is 29.4 Å². The first kappa shape index (κ1) is 100. The summed E-state index contributed by atoms with van der Waals surface area (Å²) in [4.78, 5) is 26.3. The first-order chi connectivity index (χ1) is 64.5. The van der Waals surface area contributed by atoms with E-state index in [-0.39, 0.29) is 64.5 Å². The Morgan fingerprint density at radius 1 is 0.307 bits per heavy atom. The molecule has 56 heteroatoms. The quantitative estimate of drug-likeness (QED) is 0.0432. The Labute approximate surface area is 751 Å². The molecule has 15 aromatic rings. The molecule has 0 amide bonds. The van der Waals surface area contributed by atoms with Crippen molar-refractivity contribution in [1.82, 2.24) is 108 Å². The van der Waals surface area contributed by atoms with E-state index in [9.17, 15) is 105 Å². The lowest BCUT2D eigenvalue weighted by molar-refractivity contribution is -0.261. The second-order valence-corrected chi connectivity index (χ2v) is 29.5. The molecule has 0 radical (unpaired) electrons. The van der Waals surface area contributed by atoms with Crippen LogP contribution < -0.4 is 23.7 Å². The Morgan fingerprint density at radius 2 is 0.577 bits per heavy atom. The van der Waals surface area contributed by atoms with Crippen LogP contribution in [0.2, 0.25) is 0 Å². The Hall–Kier alpha value is -14.2. The minimum Gasteiger partial charge on any atom is -0.466 e. The van der Waals surface area contributed by atoms with Gasteiger partial charge >= 0.3 is 43.1 Å². The number of halogens is 24. The lowest BCUT2D eigenvalue weighted by atomic mass is 10.1. The van der Waals surface area contributed by atoms with E-state index in [1.807, 2.05) is 0 Å². The largest absolute Gasteiger partial charge is 0.466 e. The number of hydrogen-bond donors (Lipinski definition) is 0. The summed E-state index contributed by atoms with van der Waals surface area (Å²) in [5.74, 6) is -9.00. The maximum Gasteiger partial charge on any atom is 0.425 e. The van der Waals surface area contributed by atoms with Gasteiger partial charge in [-0.3, -0.25) is 32.0 Å². The minimum absolute atomic E-state index is 0.111. The summed E-state index contributed by atoms with van der Waals surface area (Å²) in [7, 11) is 4.52. The summed E-state index contributed by atoms with van der Waals surface area (Å²) < 4.78 is 369. The van der Waals surface area contributed by atoms with Crippen LogP contribution in [-0.2, 0) is 55.7 Å².